The molecule has 0 spiro atoms. The highest BCUT2D eigenvalue weighted by molar-refractivity contribution is 5.34. The molecule has 5 nitrogen and oxygen atoms in total. The summed E-state index contributed by atoms with van der Waals surface area (Å²) in [5.74, 6) is 0.453. The van der Waals surface area contributed by atoms with E-state index in [1.807, 2.05) is 24.3 Å². The number of nitrogens with zero attached hydrogens (tertiary/aromatic N) is 3. The van der Waals surface area contributed by atoms with Gasteiger partial charge in [-0.05, 0) is 12.1 Å². The van der Waals surface area contributed by atoms with Crippen molar-refractivity contribution >= 4 is 0 Å². The Morgan fingerprint density at radius 3 is 2.41 bits per heavy atom. The van der Waals surface area contributed by atoms with Gasteiger partial charge in [0.2, 0.25) is 0 Å². The number of para-hydroxylation sites is 1. The second-order valence-corrected chi connectivity index (χ2v) is 4.69. The van der Waals surface area contributed by atoms with Crippen LogP contribution in [0.2, 0.25) is 0 Å². The summed E-state index contributed by atoms with van der Waals surface area (Å²) < 4.78 is 21.0. The van der Waals surface area contributed by atoms with Crippen LogP contribution in [-0.4, -0.2) is 14.9 Å². The molecular formula is C16H15FN4O. The molecule has 0 saturated carbocycles. The lowest BCUT2D eigenvalue weighted by atomic mass is 10.2. The number of ether oxygens (including phenoxy) is 1. The molecule has 1 N–H and O–H groups in total. The van der Waals surface area contributed by atoms with Crippen molar-refractivity contribution in [3.63, 3.8) is 0 Å². The molecule has 3 rings (SSSR count). The van der Waals surface area contributed by atoms with Crippen LogP contribution in [0.25, 0.3) is 0 Å². The van der Waals surface area contributed by atoms with Crippen molar-refractivity contribution in [3.05, 3.63) is 78.1 Å². The van der Waals surface area contributed by atoms with Crippen LogP contribution in [0.3, 0.4) is 0 Å². The molecule has 3 aromatic rings. The second-order valence-electron chi connectivity index (χ2n) is 4.69. The molecular weight excluding hydrogens is 283 g/mol. The second kappa shape index (κ2) is 6.71. The number of nitrogens with one attached hydrogen (secondary N) is 1. The lowest BCUT2D eigenvalue weighted by molar-refractivity contribution is 0.297. The molecule has 0 amide bonds. The van der Waals surface area contributed by atoms with Gasteiger partial charge in [0.1, 0.15) is 30.8 Å². The van der Waals surface area contributed by atoms with Crippen LogP contribution in [0.5, 0.6) is 5.75 Å². The smallest absolute Gasteiger partial charge is 0.138 e. The average Bonchev–Trinajstić information content (AvgIpc) is 3.06. The van der Waals surface area contributed by atoms with E-state index in [1.54, 1.807) is 35.5 Å². The molecule has 1 heterocycles. The zero-order valence-corrected chi connectivity index (χ0v) is 11.8. The van der Waals surface area contributed by atoms with Crippen molar-refractivity contribution in [1.29, 1.82) is 0 Å². The van der Waals surface area contributed by atoms with Crippen LogP contribution in [0.15, 0.2) is 61.2 Å². The first kappa shape index (κ1) is 14.1. The third kappa shape index (κ3) is 3.41. The summed E-state index contributed by atoms with van der Waals surface area (Å²) in [5.41, 5.74) is 4.63. The lowest BCUT2D eigenvalue weighted by Crippen LogP contribution is -2.13. The van der Waals surface area contributed by atoms with Crippen LogP contribution >= 0.6 is 0 Å². The summed E-state index contributed by atoms with van der Waals surface area (Å²) >= 11 is 0. The monoisotopic (exact) mass is 298 g/mol. The first-order valence-corrected chi connectivity index (χ1v) is 6.85. The van der Waals surface area contributed by atoms with Gasteiger partial charge in [0, 0.05) is 11.1 Å². The Hall–Kier alpha value is -2.89. The van der Waals surface area contributed by atoms with Gasteiger partial charge in [-0.2, -0.15) is 0 Å². The number of rotatable bonds is 6. The van der Waals surface area contributed by atoms with E-state index in [4.69, 9.17) is 4.74 Å². The van der Waals surface area contributed by atoms with E-state index in [0.717, 1.165) is 5.56 Å². The molecule has 112 valence electrons. The normalized spacial score (nSPS) is 10.4. The molecule has 6 heteroatoms. The molecule has 2 aromatic carbocycles. The molecule has 0 saturated heterocycles. The molecule has 1 aromatic heterocycles. The number of halogens is 1. The molecule has 0 atom stereocenters. The minimum absolute atomic E-state index is 0.191. The van der Waals surface area contributed by atoms with Gasteiger partial charge >= 0.3 is 0 Å². The highest BCUT2D eigenvalue weighted by Gasteiger charge is 2.06. The van der Waals surface area contributed by atoms with E-state index in [9.17, 15) is 4.39 Å². The van der Waals surface area contributed by atoms with E-state index in [2.05, 4.69) is 15.6 Å². The molecule has 0 aliphatic rings. The molecule has 0 fully saturated rings. The van der Waals surface area contributed by atoms with Crippen LogP contribution < -0.4 is 10.2 Å². The zero-order valence-electron chi connectivity index (χ0n) is 11.8. The molecule has 0 aliphatic heterocycles. The number of aromatic nitrogens is 3. The van der Waals surface area contributed by atoms with Gasteiger partial charge in [-0.3, -0.25) is 0 Å². The number of benzene rings is 2. The maximum Gasteiger partial charge on any atom is 0.138 e. The van der Waals surface area contributed by atoms with Gasteiger partial charge in [-0.25, -0.2) is 9.07 Å². The standard InChI is InChI=1S/C16H15FN4O/c17-15-7-3-1-6-14(15)10-22-16-8-4-2-5-13(16)9-20-21-11-18-19-12-21/h1-8,11-12,20H,9-10H2. The predicted molar refractivity (Wildman–Crippen MR) is 80.3 cm³/mol. The van der Waals surface area contributed by atoms with Gasteiger partial charge in [0.05, 0.1) is 6.54 Å². The van der Waals surface area contributed by atoms with Gasteiger partial charge in [0.15, 0.2) is 0 Å². The first-order chi connectivity index (χ1) is 10.8. The number of hydrogen-bond acceptors (Lipinski definition) is 4. The largest absolute Gasteiger partial charge is 0.488 e. The molecule has 0 unspecified atom stereocenters. The molecule has 0 bridgehead atoms. The Balaban J connectivity index is 1.67. The Labute approximate surface area is 127 Å². The van der Waals surface area contributed by atoms with Gasteiger partial charge < -0.3 is 10.2 Å². The fourth-order valence-corrected chi connectivity index (χ4v) is 2.02. The fourth-order valence-electron chi connectivity index (χ4n) is 2.02. The predicted octanol–water partition coefficient (Wildman–Crippen LogP) is 2.74. The first-order valence-electron chi connectivity index (χ1n) is 6.85. The topological polar surface area (TPSA) is 52.0 Å². The van der Waals surface area contributed by atoms with Gasteiger partial charge in [-0.1, -0.05) is 36.4 Å². The Morgan fingerprint density at radius 2 is 1.64 bits per heavy atom. The third-order valence-corrected chi connectivity index (χ3v) is 3.18. The van der Waals surface area contributed by atoms with E-state index < -0.39 is 0 Å². The van der Waals surface area contributed by atoms with Crippen molar-refractivity contribution in [2.75, 3.05) is 5.43 Å². The lowest BCUT2D eigenvalue weighted by Gasteiger charge is -2.13. The summed E-state index contributed by atoms with van der Waals surface area (Å²) in [6.07, 6.45) is 3.14. The van der Waals surface area contributed by atoms with E-state index in [1.165, 1.54) is 6.07 Å². The highest BCUT2D eigenvalue weighted by Crippen LogP contribution is 2.20. The van der Waals surface area contributed by atoms with Crippen LogP contribution in [0.4, 0.5) is 4.39 Å². The van der Waals surface area contributed by atoms with Crippen molar-refractivity contribution in [2.24, 2.45) is 0 Å². The summed E-state index contributed by atoms with van der Waals surface area (Å²) in [6.45, 7) is 0.738. The minimum atomic E-state index is -0.261. The maximum absolute atomic E-state index is 13.6. The fraction of sp³-hybridized carbons (Fsp3) is 0.125. The van der Waals surface area contributed by atoms with Crippen molar-refractivity contribution in [1.82, 2.24) is 14.9 Å². The van der Waals surface area contributed by atoms with Crippen molar-refractivity contribution in [2.45, 2.75) is 13.2 Å². The quantitative estimate of drug-likeness (QED) is 0.760. The SMILES string of the molecule is Fc1ccccc1COc1ccccc1CNn1cnnc1. The van der Waals surface area contributed by atoms with Crippen LogP contribution in [0.1, 0.15) is 11.1 Å². The average molecular weight is 298 g/mol. The van der Waals surface area contributed by atoms with Gasteiger partial charge in [-0.15, -0.1) is 10.2 Å². The third-order valence-electron chi connectivity index (χ3n) is 3.18. The van der Waals surface area contributed by atoms with Crippen molar-refractivity contribution in [3.8, 4) is 5.75 Å². The Kier molecular flexibility index (Phi) is 4.29. The molecule has 0 aliphatic carbocycles. The Bertz CT molecular complexity index is 731. The number of hydrogen-bond donors (Lipinski definition) is 1. The van der Waals surface area contributed by atoms with Crippen LogP contribution in [0, 0.1) is 5.82 Å². The maximum atomic E-state index is 13.6. The molecule has 22 heavy (non-hydrogen) atoms. The van der Waals surface area contributed by atoms with E-state index >= 15 is 0 Å². The zero-order chi connectivity index (χ0) is 15.2. The highest BCUT2D eigenvalue weighted by atomic mass is 19.1. The van der Waals surface area contributed by atoms with Crippen molar-refractivity contribution < 1.29 is 9.13 Å². The summed E-state index contributed by atoms with van der Waals surface area (Å²) in [6, 6.07) is 14.2. The molecule has 0 radical (unpaired) electrons. The van der Waals surface area contributed by atoms with Gasteiger partial charge in [0.25, 0.3) is 0 Å². The summed E-state index contributed by atoms with van der Waals surface area (Å²) in [7, 11) is 0. The van der Waals surface area contributed by atoms with Crippen LogP contribution in [-0.2, 0) is 13.2 Å². The van der Waals surface area contributed by atoms with E-state index in [0.29, 0.717) is 17.9 Å². The summed E-state index contributed by atoms with van der Waals surface area (Å²) in [4.78, 5) is 0. The summed E-state index contributed by atoms with van der Waals surface area (Å²) in [5, 5.41) is 7.44. The Morgan fingerprint density at radius 1 is 0.955 bits per heavy atom. The van der Waals surface area contributed by atoms with E-state index in [-0.39, 0.29) is 12.4 Å². The minimum Gasteiger partial charge on any atom is -0.488 e.